The summed E-state index contributed by atoms with van der Waals surface area (Å²) in [4.78, 5) is 12.2. The summed E-state index contributed by atoms with van der Waals surface area (Å²) in [6.45, 7) is 2.91. The molecule has 1 saturated carbocycles. The molecule has 23 heavy (non-hydrogen) atoms. The Bertz CT molecular complexity index is 595. The molecule has 0 unspecified atom stereocenters. The summed E-state index contributed by atoms with van der Waals surface area (Å²) in [7, 11) is 0. The van der Waals surface area contributed by atoms with Gasteiger partial charge < -0.3 is 25.4 Å². The van der Waals surface area contributed by atoms with Gasteiger partial charge in [0.25, 0.3) is 0 Å². The van der Waals surface area contributed by atoms with Gasteiger partial charge in [-0.25, -0.2) is 4.79 Å². The minimum atomic E-state index is -0.159. The molecule has 0 spiro atoms. The fourth-order valence-electron chi connectivity index (χ4n) is 4.10. The van der Waals surface area contributed by atoms with Crippen molar-refractivity contribution in [3.63, 3.8) is 0 Å². The van der Waals surface area contributed by atoms with Gasteiger partial charge in [0.05, 0.1) is 0 Å². The van der Waals surface area contributed by atoms with Crippen LogP contribution < -0.4 is 25.4 Å². The van der Waals surface area contributed by atoms with Crippen LogP contribution in [0.1, 0.15) is 25.7 Å². The molecule has 3 N–H and O–H groups in total. The number of ether oxygens (including phenoxy) is 2. The molecule has 0 aromatic heterocycles. The maximum atomic E-state index is 12.2. The van der Waals surface area contributed by atoms with E-state index in [4.69, 9.17) is 9.47 Å². The number of hydrogen-bond donors (Lipinski definition) is 3. The van der Waals surface area contributed by atoms with Crippen molar-refractivity contribution in [2.45, 2.75) is 31.7 Å². The Balaban J connectivity index is 1.35. The summed E-state index contributed by atoms with van der Waals surface area (Å²) in [5.41, 5.74) is 0.973. The Morgan fingerprint density at radius 3 is 3.04 bits per heavy atom. The fourth-order valence-corrected chi connectivity index (χ4v) is 4.10. The SMILES string of the molecule is O=C(NC[C@]12CCC[C@H]1NCC2)Nc1ccc2c(c1)OCCO2. The van der Waals surface area contributed by atoms with Crippen LogP contribution in [-0.2, 0) is 0 Å². The Kier molecular flexibility index (Phi) is 3.77. The zero-order valence-electron chi connectivity index (χ0n) is 13.2. The standard InChI is InChI=1S/C17H23N3O3/c21-16(19-11-17-5-1-2-15(17)18-7-6-17)20-12-3-4-13-14(10-12)23-9-8-22-13/h3-4,10,15,18H,1-2,5-9,11H2,(H2,19,20,21)/t15-,17-/m1/s1. The molecule has 1 saturated heterocycles. The first kappa shape index (κ1) is 14.6. The smallest absolute Gasteiger partial charge is 0.319 e. The lowest BCUT2D eigenvalue weighted by atomic mass is 9.82. The van der Waals surface area contributed by atoms with E-state index in [0.717, 1.165) is 30.9 Å². The van der Waals surface area contributed by atoms with E-state index in [9.17, 15) is 4.79 Å². The third-order valence-corrected chi connectivity index (χ3v) is 5.32. The molecule has 1 aliphatic carbocycles. The molecule has 3 aliphatic rings. The molecule has 6 nitrogen and oxygen atoms in total. The summed E-state index contributed by atoms with van der Waals surface area (Å²) < 4.78 is 11.0. The Hall–Kier alpha value is -1.95. The molecule has 124 valence electrons. The number of amides is 2. The number of carbonyl (C=O) groups excluding carboxylic acids is 1. The van der Waals surface area contributed by atoms with Crippen LogP contribution in [0.15, 0.2) is 18.2 Å². The summed E-state index contributed by atoms with van der Waals surface area (Å²) in [5.74, 6) is 1.41. The first-order chi connectivity index (χ1) is 11.3. The number of benzene rings is 1. The van der Waals surface area contributed by atoms with E-state index in [1.807, 2.05) is 18.2 Å². The molecule has 4 rings (SSSR count). The van der Waals surface area contributed by atoms with Crippen molar-refractivity contribution in [2.24, 2.45) is 5.41 Å². The number of carbonyl (C=O) groups is 1. The van der Waals surface area contributed by atoms with Crippen LogP contribution in [0.5, 0.6) is 11.5 Å². The van der Waals surface area contributed by atoms with Crippen LogP contribution in [0.25, 0.3) is 0 Å². The second-order valence-corrected chi connectivity index (χ2v) is 6.68. The van der Waals surface area contributed by atoms with Crippen molar-refractivity contribution in [1.29, 1.82) is 0 Å². The second kappa shape index (κ2) is 5.92. The van der Waals surface area contributed by atoms with Crippen LogP contribution in [0.3, 0.4) is 0 Å². The largest absolute Gasteiger partial charge is 0.486 e. The Morgan fingerprint density at radius 1 is 1.26 bits per heavy atom. The van der Waals surface area contributed by atoms with E-state index >= 15 is 0 Å². The number of urea groups is 1. The van der Waals surface area contributed by atoms with Gasteiger partial charge in [-0.05, 0) is 37.9 Å². The van der Waals surface area contributed by atoms with Crippen molar-refractivity contribution in [1.82, 2.24) is 10.6 Å². The van der Waals surface area contributed by atoms with Crippen molar-refractivity contribution in [2.75, 3.05) is 31.6 Å². The molecule has 0 bridgehead atoms. The lowest BCUT2D eigenvalue weighted by molar-refractivity contribution is 0.171. The quantitative estimate of drug-likeness (QED) is 0.798. The fraction of sp³-hybridized carbons (Fsp3) is 0.588. The summed E-state index contributed by atoms with van der Waals surface area (Å²) in [5, 5.41) is 9.50. The second-order valence-electron chi connectivity index (χ2n) is 6.68. The lowest BCUT2D eigenvalue weighted by Crippen LogP contribution is -2.43. The third kappa shape index (κ3) is 2.83. The van der Waals surface area contributed by atoms with Crippen molar-refractivity contribution >= 4 is 11.7 Å². The Morgan fingerprint density at radius 2 is 2.13 bits per heavy atom. The molecular weight excluding hydrogens is 294 g/mol. The van der Waals surface area contributed by atoms with E-state index in [1.165, 1.54) is 19.3 Å². The molecule has 2 amide bonds. The minimum absolute atomic E-state index is 0.159. The maximum Gasteiger partial charge on any atom is 0.319 e. The van der Waals surface area contributed by atoms with Crippen LogP contribution >= 0.6 is 0 Å². The van der Waals surface area contributed by atoms with E-state index in [0.29, 0.717) is 25.0 Å². The topological polar surface area (TPSA) is 71.6 Å². The first-order valence-corrected chi connectivity index (χ1v) is 8.43. The van der Waals surface area contributed by atoms with Gasteiger partial charge in [0, 0.05) is 29.8 Å². The predicted octanol–water partition coefficient (Wildman–Crippen LogP) is 2.11. The highest BCUT2D eigenvalue weighted by Gasteiger charge is 2.45. The zero-order chi connectivity index (χ0) is 15.7. The van der Waals surface area contributed by atoms with Crippen LogP contribution in [0, 0.1) is 5.41 Å². The number of rotatable bonds is 3. The molecule has 2 fully saturated rings. The average Bonchev–Trinajstić information content (AvgIpc) is 3.13. The van der Waals surface area contributed by atoms with E-state index in [-0.39, 0.29) is 11.4 Å². The highest BCUT2D eigenvalue weighted by molar-refractivity contribution is 5.89. The lowest BCUT2D eigenvalue weighted by Gasteiger charge is -2.29. The van der Waals surface area contributed by atoms with Crippen molar-refractivity contribution in [3.8, 4) is 11.5 Å². The van der Waals surface area contributed by atoms with Gasteiger partial charge in [0.15, 0.2) is 11.5 Å². The van der Waals surface area contributed by atoms with Crippen molar-refractivity contribution in [3.05, 3.63) is 18.2 Å². The van der Waals surface area contributed by atoms with Crippen LogP contribution in [0.4, 0.5) is 10.5 Å². The number of fused-ring (bicyclic) bond motifs is 2. The Labute approximate surface area is 135 Å². The summed E-state index contributed by atoms with van der Waals surface area (Å²) >= 11 is 0. The molecule has 1 aromatic carbocycles. The minimum Gasteiger partial charge on any atom is -0.486 e. The van der Waals surface area contributed by atoms with Gasteiger partial charge >= 0.3 is 6.03 Å². The highest BCUT2D eigenvalue weighted by atomic mass is 16.6. The highest BCUT2D eigenvalue weighted by Crippen LogP contribution is 2.43. The van der Waals surface area contributed by atoms with Crippen LogP contribution in [0.2, 0.25) is 0 Å². The van der Waals surface area contributed by atoms with Gasteiger partial charge in [-0.2, -0.15) is 0 Å². The van der Waals surface area contributed by atoms with E-state index < -0.39 is 0 Å². The van der Waals surface area contributed by atoms with Crippen LogP contribution in [-0.4, -0.2) is 38.4 Å². The number of nitrogens with one attached hydrogen (secondary N) is 3. The molecule has 1 aromatic rings. The third-order valence-electron chi connectivity index (χ3n) is 5.32. The number of anilines is 1. The van der Waals surface area contributed by atoms with Gasteiger partial charge in [-0.1, -0.05) is 6.42 Å². The molecule has 6 heteroatoms. The molecular formula is C17H23N3O3. The monoisotopic (exact) mass is 317 g/mol. The van der Waals surface area contributed by atoms with Crippen molar-refractivity contribution < 1.29 is 14.3 Å². The van der Waals surface area contributed by atoms with E-state index in [2.05, 4.69) is 16.0 Å². The average molecular weight is 317 g/mol. The molecule has 0 radical (unpaired) electrons. The van der Waals surface area contributed by atoms with Gasteiger partial charge in [0.2, 0.25) is 0 Å². The van der Waals surface area contributed by atoms with E-state index in [1.54, 1.807) is 0 Å². The normalized spacial score (nSPS) is 28.3. The molecule has 2 aliphatic heterocycles. The number of hydrogen-bond acceptors (Lipinski definition) is 4. The van der Waals surface area contributed by atoms with Gasteiger partial charge in [-0.15, -0.1) is 0 Å². The summed E-state index contributed by atoms with van der Waals surface area (Å²) in [6, 6.07) is 5.88. The molecule has 2 heterocycles. The summed E-state index contributed by atoms with van der Waals surface area (Å²) in [6.07, 6.45) is 4.84. The first-order valence-electron chi connectivity index (χ1n) is 8.43. The zero-order valence-corrected chi connectivity index (χ0v) is 13.2. The van der Waals surface area contributed by atoms with Gasteiger partial charge in [-0.3, -0.25) is 0 Å². The predicted molar refractivity (Wildman–Crippen MR) is 87.1 cm³/mol. The molecule has 2 atom stereocenters. The van der Waals surface area contributed by atoms with Gasteiger partial charge in [0.1, 0.15) is 13.2 Å². The maximum absolute atomic E-state index is 12.2.